The van der Waals surface area contributed by atoms with Crippen molar-refractivity contribution >= 4 is 13.8 Å². The summed E-state index contributed by atoms with van der Waals surface area (Å²) in [6.07, 6.45) is 0.791. The van der Waals surface area contributed by atoms with Gasteiger partial charge in [0, 0.05) is 0 Å². The van der Waals surface area contributed by atoms with Gasteiger partial charge in [-0.1, -0.05) is 0 Å². The zero-order chi connectivity index (χ0) is 10.6. The predicted octanol–water partition coefficient (Wildman–Crippen LogP) is 2.35. The molecule has 0 radical (unpaired) electrons. The molecule has 0 bridgehead atoms. The van der Waals surface area contributed by atoms with E-state index in [1.54, 1.807) is 0 Å². The van der Waals surface area contributed by atoms with E-state index in [1.807, 2.05) is 38.1 Å². The number of benzene rings is 1. The Bertz CT molecular complexity index is 347. The first-order chi connectivity index (χ1) is 6.55. The van der Waals surface area contributed by atoms with E-state index in [9.17, 15) is 7.84 Å². The van der Waals surface area contributed by atoms with Crippen LogP contribution in [-0.4, -0.2) is 17.9 Å². The Kier molecular flexibility index (Phi) is 4.03. The molecule has 0 aliphatic heterocycles. The quantitative estimate of drug-likeness (QED) is 0.839. The van der Waals surface area contributed by atoms with Crippen molar-refractivity contribution < 1.29 is 7.84 Å². The SMILES string of the molecule is CCC[As](=O)(O)Cc1ccccc1C. The molecule has 2 nitrogen and oxygen atoms in total. The number of hydrogen-bond acceptors (Lipinski definition) is 1. The summed E-state index contributed by atoms with van der Waals surface area (Å²) in [4.78, 5) is 0. The van der Waals surface area contributed by atoms with Gasteiger partial charge in [0.05, 0.1) is 0 Å². The fourth-order valence-corrected chi connectivity index (χ4v) is 5.14. The molecule has 0 heterocycles. The van der Waals surface area contributed by atoms with Crippen LogP contribution in [0.15, 0.2) is 24.3 Å². The third kappa shape index (κ3) is 3.36. The minimum atomic E-state index is -3.56. The predicted molar refractivity (Wildman–Crippen MR) is 58.6 cm³/mol. The summed E-state index contributed by atoms with van der Waals surface area (Å²) in [6.45, 7) is 3.93. The Labute approximate surface area is 88.0 Å². The monoisotopic (exact) mass is 256 g/mol. The van der Waals surface area contributed by atoms with Crippen LogP contribution in [0.1, 0.15) is 24.5 Å². The maximum absolute atomic E-state index is 11.8. The van der Waals surface area contributed by atoms with E-state index in [0.29, 0.717) is 10.4 Å². The van der Waals surface area contributed by atoms with E-state index < -0.39 is 13.8 Å². The van der Waals surface area contributed by atoms with Crippen molar-refractivity contribution in [3.8, 4) is 0 Å². The van der Waals surface area contributed by atoms with Crippen LogP contribution in [0.2, 0.25) is 5.21 Å². The Hall–Kier alpha value is -0.462. The van der Waals surface area contributed by atoms with E-state index in [2.05, 4.69) is 0 Å². The zero-order valence-electron chi connectivity index (χ0n) is 8.73. The van der Waals surface area contributed by atoms with Crippen LogP contribution in [0.4, 0.5) is 0 Å². The van der Waals surface area contributed by atoms with Crippen molar-refractivity contribution in [2.75, 3.05) is 0 Å². The average molecular weight is 256 g/mol. The van der Waals surface area contributed by atoms with E-state index in [-0.39, 0.29) is 0 Å². The molecule has 1 aromatic carbocycles. The molecular weight excluding hydrogens is 239 g/mol. The summed E-state index contributed by atoms with van der Waals surface area (Å²) in [7, 11) is 0. The normalized spacial score (nSPS) is 15.1. The molecule has 78 valence electrons. The molecule has 1 atom stereocenters. The molecule has 0 fully saturated rings. The van der Waals surface area contributed by atoms with Crippen LogP contribution >= 0.6 is 0 Å². The summed E-state index contributed by atoms with van der Waals surface area (Å²) in [6, 6.07) is 7.80. The van der Waals surface area contributed by atoms with Crippen LogP contribution in [0.25, 0.3) is 0 Å². The molecule has 0 saturated heterocycles. The number of hydrogen-bond donors (Lipinski definition) is 1. The van der Waals surface area contributed by atoms with Gasteiger partial charge in [-0.15, -0.1) is 0 Å². The Morgan fingerprint density at radius 1 is 1.36 bits per heavy atom. The van der Waals surface area contributed by atoms with Crippen LogP contribution in [0.3, 0.4) is 0 Å². The fraction of sp³-hybridized carbons (Fsp3) is 0.455. The zero-order valence-corrected chi connectivity index (χ0v) is 10.6. The van der Waals surface area contributed by atoms with Gasteiger partial charge in [0.15, 0.2) is 0 Å². The molecule has 3 heteroatoms. The van der Waals surface area contributed by atoms with Crippen molar-refractivity contribution in [1.29, 1.82) is 0 Å². The first-order valence-electron chi connectivity index (χ1n) is 4.90. The van der Waals surface area contributed by atoms with Gasteiger partial charge in [0.25, 0.3) is 0 Å². The van der Waals surface area contributed by atoms with Crippen molar-refractivity contribution in [2.24, 2.45) is 0 Å². The van der Waals surface area contributed by atoms with Gasteiger partial charge in [-0.25, -0.2) is 0 Å². The van der Waals surface area contributed by atoms with Gasteiger partial charge in [-0.2, -0.15) is 0 Å². The Morgan fingerprint density at radius 2 is 2.00 bits per heavy atom. The van der Waals surface area contributed by atoms with Crippen LogP contribution in [0, 0.1) is 6.92 Å². The van der Waals surface area contributed by atoms with Gasteiger partial charge < -0.3 is 0 Å². The summed E-state index contributed by atoms with van der Waals surface area (Å²) >= 11 is -3.56. The fourth-order valence-electron chi connectivity index (χ4n) is 1.48. The Balaban J connectivity index is 2.78. The molecule has 1 N–H and O–H groups in total. The second-order valence-electron chi connectivity index (χ2n) is 3.65. The van der Waals surface area contributed by atoms with Crippen molar-refractivity contribution in [3.05, 3.63) is 35.4 Å². The molecular formula is C11H17AsO2. The van der Waals surface area contributed by atoms with Crippen LogP contribution < -0.4 is 0 Å². The molecule has 0 amide bonds. The van der Waals surface area contributed by atoms with Gasteiger partial charge in [-0.05, 0) is 0 Å². The first kappa shape index (κ1) is 11.6. The molecule has 0 aromatic heterocycles. The molecule has 1 aromatic rings. The molecule has 1 unspecified atom stereocenters. The number of aryl methyl sites for hydroxylation is 1. The summed E-state index contributed by atoms with van der Waals surface area (Å²) in [5, 5.41) is 0.853. The summed E-state index contributed by atoms with van der Waals surface area (Å²) in [5.41, 5.74) is 2.13. The van der Waals surface area contributed by atoms with Crippen molar-refractivity contribution in [2.45, 2.75) is 30.7 Å². The third-order valence-electron chi connectivity index (χ3n) is 2.25. The van der Waals surface area contributed by atoms with E-state index in [4.69, 9.17) is 0 Å². The van der Waals surface area contributed by atoms with E-state index in [0.717, 1.165) is 17.5 Å². The molecule has 0 saturated carbocycles. The van der Waals surface area contributed by atoms with Gasteiger partial charge in [-0.3, -0.25) is 0 Å². The molecule has 0 aliphatic rings. The molecule has 14 heavy (non-hydrogen) atoms. The molecule has 1 rings (SSSR count). The maximum atomic E-state index is 11.8. The Morgan fingerprint density at radius 3 is 2.57 bits per heavy atom. The van der Waals surface area contributed by atoms with E-state index in [1.165, 1.54) is 0 Å². The first-order valence-corrected chi connectivity index (χ1v) is 9.16. The van der Waals surface area contributed by atoms with Crippen LogP contribution in [-0.2, 0) is 8.95 Å². The van der Waals surface area contributed by atoms with Gasteiger partial charge >= 0.3 is 87.7 Å². The van der Waals surface area contributed by atoms with Gasteiger partial charge in [0.1, 0.15) is 0 Å². The van der Waals surface area contributed by atoms with Crippen LogP contribution in [0.5, 0.6) is 0 Å². The second kappa shape index (κ2) is 4.86. The van der Waals surface area contributed by atoms with Crippen molar-refractivity contribution in [1.82, 2.24) is 0 Å². The number of rotatable bonds is 4. The summed E-state index contributed by atoms with van der Waals surface area (Å²) in [5.74, 6) is 0. The molecule has 0 aliphatic carbocycles. The molecule has 0 spiro atoms. The minimum absolute atomic E-state index is 0.374. The average Bonchev–Trinajstić information content (AvgIpc) is 2.08. The summed E-state index contributed by atoms with van der Waals surface area (Å²) < 4.78 is 21.5. The van der Waals surface area contributed by atoms with Crippen molar-refractivity contribution in [3.63, 3.8) is 0 Å². The van der Waals surface area contributed by atoms with E-state index >= 15 is 0 Å². The van der Waals surface area contributed by atoms with Gasteiger partial charge in [0.2, 0.25) is 0 Å². The topological polar surface area (TPSA) is 37.3 Å². The third-order valence-corrected chi connectivity index (χ3v) is 6.41. The second-order valence-corrected chi connectivity index (χ2v) is 8.81. The standard InChI is InChI=1S/C11H17AsO2/c1-3-8-12(13,14)9-11-7-5-4-6-10(11)2/h4-7H,3,8-9H2,1-2H3,(H,13,14).